The fraction of sp³-hybridized carbons (Fsp3) is 0.341. The molecule has 0 atom stereocenters. The molecule has 15 heteroatoms. The van der Waals surface area contributed by atoms with Gasteiger partial charge < -0.3 is 50.8 Å². The largest absolute Gasteiger partial charge is 0.384 e. The molecule has 7 N–H and O–H groups in total. The zero-order valence-electron chi connectivity index (χ0n) is 32.0. The van der Waals surface area contributed by atoms with Gasteiger partial charge in [-0.25, -0.2) is 24.7 Å². The standard InChI is InChI=1S/C41H49N11O4/c1-41(2,43)26-52-33(50-34-36(52)28-13-7-9-15-30(28)47-38(34)42)25-56-23-18-44-39-35-37(29-14-8-10-16-31(29)48-39)51(32(49-35)17-21-54-3)20-24-55-22-19-45-40(53)46-27-11-5-4-6-12-27/h4-16H,17-26,43H2,1-3H3,(H2,42,47)(H,44,48)(H2,45,46,53). The number of hydrogen-bond acceptors (Lipinski definition) is 11. The Balaban J connectivity index is 1.04. The predicted molar refractivity (Wildman–Crippen MR) is 221 cm³/mol. The number of pyridine rings is 2. The molecule has 292 valence electrons. The van der Waals surface area contributed by atoms with Crippen LogP contribution in [-0.4, -0.2) is 87.3 Å². The lowest BCUT2D eigenvalue weighted by Gasteiger charge is -2.22. The van der Waals surface area contributed by atoms with Gasteiger partial charge in [-0.2, -0.15) is 0 Å². The van der Waals surface area contributed by atoms with Gasteiger partial charge in [-0.05, 0) is 38.1 Å². The molecule has 4 aromatic heterocycles. The van der Waals surface area contributed by atoms with Gasteiger partial charge >= 0.3 is 6.03 Å². The summed E-state index contributed by atoms with van der Waals surface area (Å²) >= 11 is 0. The molecule has 0 bridgehead atoms. The van der Waals surface area contributed by atoms with E-state index in [0.717, 1.165) is 55.7 Å². The lowest BCUT2D eigenvalue weighted by atomic mass is 10.1. The molecule has 0 spiro atoms. The SMILES string of the molecule is COCCc1nc2c(NCCOCc3nc4c(N)nc5ccccc5c4n3CC(C)(C)N)nc3ccccc3c2n1CCOCCNC(=O)Nc1ccccc1. The number of urea groups is 1. The van der Waals surface area contributed by atoms with Gasteiger partial charge in [-0.15, -0.1) is 0 Å². The molecule has 7 aromatic rings. The summed E-state index contributed by atoms with van der Waals surface area (Å²) < 4.78 is 21.9. The smallest absolute Gasteiger partial charge is 0.319 e. The number of rotatable bonds is 18. The van der Waals surface area contributed by atoms with Crippen LogP contribution in [-0.2, 0) is 40.3 Å². The van der Waals surface area contributed by atoms with E-state index in [2.05, 4.69) is 36.1 Å². The van der Waals surface area contributed by atoms with E-state index in [0.29, 0.717) is 76.2 Å². The Bertz CT molecular complexity index is 2440. The molecule has 0 fully saturated rings. The second kappa shape index (κ2) is 17.3. The number of para-hydroxylation sites is 3. The van der Waals surface area contributed by atoms with E-state index < -0.39 is 5.54 Å². The maximum Gasteiger partial charge on any atom is 0.319 e. The molecule has 56 heavy (non-hydrogen) atoms. The van der Waals surface area contributed by atoms with Gasteiger partial charge in [0.2, 0.25) is 0 Å². The van der Waals surface area contributed by atoms with E-state index in [-0.39, 0.29) is 12.6 Å². The van der Waals surface area contributed by atoms with Crippen molar-refractivity contribution in [2.45, 2.75) is 45.5 Å². The van der Waals surface area contributed by atoms with Crippen molar-refractivity contribution in [2.24, 2.45) is 5.73 Å². The van der Waals surface area contributed by atoms with Crippen LogP contribution in [0.3, 0.4) is 0 Å². The molecule has 0 aliphatic carbocycles. The molecule has 0 aliphatic rings. The molecule has 0 saturated heterocycles. The van der Waals surface area contributed by atoms with Crippen LogP contribution in [0.25, 0.3) is 43.9 Å². The van der Waals surface area contributed by atoms with E-state index in [9.17, 15) is 4.79 Å². The van der Waals surface area contributed by atoms with Gasteiger partial charge in [0.25, 0.3) is 0 Å². The highest BCUT2D eigenvalue weighted by Crippen LogP contribution is 2.32. The van der Waals surface area contributed by atoms with E-state index in [4.69, 9.17) is 40.6 Å². The highest BCUT2D eigenvalue weighted by atomic mass is 16.5. The number of nitrogens with zero attached hydrogens (tertiary/aromatic N) is 6. The number of fused-ring (bicyclic) bond motifs is 6. The first-order chi connectivity index (χ1) is 27.2. The van der Waals surface area contributed by atoms with Crippen LogP contribution in [0.15, 0.2) is 78.9 Å². The highest BCUT2D eigenvalue weighted by molar-refractivity contribution is 6.07. The normalized spacial score (nSPS) is 11.9. The Morgan fingerprint density at radius 2 is 1.41 bits per heavy atom. The fourth-order valence-electron chi connectivity index (χ4n) is 6.82. The molecule has 3 aromatic carbocycles. The predicted octanol–water partition coefficient (Wildman–Crippen LogP) is 5.46. The minimum absolute atomic E-state index is 0.254. The van der Waals surface area contributed by atoms with E-state index >= 15 is 0 Å². The number of nitrogen functional groups attached to an aromatic ring is 1. The van der Waals surface area contributed by atoms with Crippen LogP contribution in [0, 0.1) is 0 Å². The summed E-state index contributed by atoms with van der Waals surface area (Å²) in [5.41, 5.74) is 18.0. The monoisotopic (exact) mass is 759 g/mol. The quantitative estimate of drug-likeness (QED) is 0.0698. The second-order valence-corrected chi connectivity index (χ2v) is 14.3. The fourth-order valence-corrected chi connectivity index (χ4v) is 6.82. The van der Waals surface area contributed by atoms with Gasteiger partial charge in [0, 0.05) is 61.7 Å². The summed E-state index contributed by atoms with van der Waals surface area (Å²) in [5.74, 6) is 2.63. The average Bonchev–Trinajstić information content (AvgIpc) is 3.73. The van der Waals surface area contributed by atoms with Gasteiger partial charge in [-0.1, -0.05) is 54.6 Å². The van der Waals surface area contributed by atoms with Crippen LogP contribution in [0.4, 0.5) is 22.1 Å². The van der Waals surface area contributed by atoms with Crippen LogP contribution < -0.4 is 27.4 Å². The minimum atomic E-state index is -0.508. The first kappa shape index (κ1) is 38.4. The summed E-state index contributed by atoms with van der Waals surface area (Å²) in [4.78, 5) is 31.8. The van der Waals surface area contributed by atoms with Crippen LogP contribution in [0.5, 0.6) is 0 Å². The lowest BCUT2D eigenvalue weighted by molar-refractivity contribution is 0.122. The number of imidazole rings is 2. The van der Waals surface area contributed by atoms with E-state index in [1.54, 1.807) is 7.11 Å². The van der Waals surface area contributed by atoms with Gasteiger partial charge in [0.15, 0.2) is 11.6 Å². The molecule has 0 radical (unpaired) electrons. The van der Waals surface area contributed by atoms with Gasteiger partial charge in [-0.3, -0.25) is 0 Å². The maximum absolute atomic E-state index is 12.3. The Morgan fingerprint density at radius 3 is 2.14 bits per heavy atom. The molecule has 0 unspecified atom stereocenters. The van der Waals surface area contributed by atoms with Crippen LogP contribution in [0.2, 0.25) is 0 Å². The summed E-state index contributed by atoms with van der Waals surface area (Å²) in [6.07, 6.45) is 0.610. The number of methoxy groups -OCH3 is 1. The van der Waals surface area contributed by atoms with Crippen molar-refractivity contribution in [3.8, 4) is 0 Å². The molecule has 2 amide bonds. The zero-order valence-corrected chi connectivity index (χ0v) is 32.0. The zero-order chi connectivity index (χ0) is 39.1. The van der Waals surface area contributed by atoms with Crippen molar-refractivity contribution >= 4 is 67.2 Å². The van der Waals surface area contributed by atoms with Crippen LogP contribution >= 0.6 is 0 Å². The molecule has 0 aliphatic heterocycles. The van der Waals surface area contributed by atoms with Gasteiger partial charge in [0.1, 0.15) is 29.3 Å². The molecular formula is C41H49N11O4. The number of aromatic nitrogens is 6. The third kappa shape index (κ3) is 8.81. The number of hydrogen-bond donors (Lipinski definition) is 5. The number of amides is 2. The Hall–Kier alpha value is -5.87. The number of nitrogens with two attached hydrogens (primary N) is 2. The third-order valence-electron chi connectivity index (χ3n) is 9.24. The lowest BCUT2D eigenvalue weighted by Crippen LogP contribution is -2.37. The summed E-state index contributed by atoms with van der Waals surface area (Å²) in [5, 5.41) is 11.1. The number of nitrogens with one attached hydrogen (secondary N) is 3. The van der Waals surface area contributed by atoms with Crippen molar-refractivity contribution in [3.63, 3.8) is 0 Å². The van der Waals surface area contributed by atoms with Crippen molar-refractivity contribution < 1.29 is 19.0 Å². The Kier molecular flexibility index (Phi) is 11.9. The molecule has 0 saturated carbocycles. The first-order valence-electron chi connectivity index (χ1n) is 18.8. The molecular weight excluding hydrogens is 711 g/mol. The Morgan fingerprint density at radius 1 is 0.750 bits per heavy atom. The van der Waals surface area contributed by atoms with Crippen LogP contribution in [0.1, 0.15) is 25.5 Å². The first-order valence-corrected chi connectivity index (χ1v) is 18.8. The number of benzene rings is 3. The maximum atomic E-state index is 12.3. The second-order valence-electron chi connectivity index (χ2n) is 14.3. The summed E-state index contributed by atoms with van der Waals surface area (Å²) in [6.45, 7) is 7.82. The molecule has 4 heterocycles. The number of carbonyl (C=O) groups is 1. The summed E-state index contributed by atoms with van der Waals surface area (Å²) in [7, 11) is 1.68. The number of anilines is 3. The number of carbonyl (C=O) groups excluding carboxylic acids is 1. The average molecular weight is 760 g/mol. The highest BCUT2D eigenvalue weighted by Gasteiger charge is 2.22. The van der Waals surface area contributed by atoms with Crippen molar-refractivity contribution in [3.05, 3.63) is 90.5 Å². The van der Waals surface area contributed by atoms with E-state index in [1.165, 1.54) is 0 Å². The molecule has 7 rings (SSSR count). The minimum Gasteiger partial charge on any atom is -0.384 e. The third-order valence-corrected chi connectivity index (χ3v) is 9.24. The Labute approximate surface area is 324 Å². The van der Waals surface area contributed by atoms with E-state index in [1.807, 2.05) is 86.6 Å². The molecule has 15 nitrogen and oxygen atoms in total. The van der Waals surface area contributed by atoms with Crippen molar-refractivity contribution in [2.75, 3.05) is 63.0 Å². The number of ether oxygens (including phenoxy) is 3. The van der Waals surface area contributed by atoms with Crippen molar-refractivity contribution in [1.82, 2.24) is 34.4 Å². The summed E-state index contributed by atoms with van der Waals surface area (Å²) in [6, 6.07) is 25.0. The van der Waals surface area contributed by atoms with Gasteiger partial charge in [0.05, 0.1) is 48.5 Å². The van der Waals surface area contributed by atoms with Crippen molar-refractivity contribution in [1.29, 1.82) is 0 Å². The topological polar surface area (TPSA) is 194 Å².